The summed E-state index contributed by atoms with van der Waals surface area (Å²) >= 11 is 1.85. The number of hydrogen-bond acceptors (Lipinski definition) is 5. The highest BCUT2D eigenvalue weighted by Gasteiger charge is 2.38. The normalized spacial score (nSPS) is 28.8. The predicted molar refractivity (Wildman–Crippen MR) is 82.2 cm³/mol. The van der Waals surface area contributed by atoms with Crippen molar-refractivity contribution < 1.29 is 4.74 Å². The maximum atomic E-state index is 5.90. The van der Waals surface area contributed by atoms with Crippen molar-refractivity contribution in [2.24, 2.45) is 0 Å². The van der Waals surface area contributed by atoms with E-state index in [9.17, 15) is 0 Å². The average molecular weight is 295 g/mol. The Kier molecular flexibility index (Phi) is 3.88. The smallest absolute Gasteiger partial charge is 0.0981 e. The molecule has 1 aromatic rings. The number of nitrogens with zero attached hydrogens (tertiary/aromatic N) is 3. The molecule has 112 valence electrons. The molecule has 0 amide bonds. The fourth-order valence-corrected chi connectivity index (χ4v) is 4.02. The summed E-state index contributed by atoms with van der Waals surface area (Å²) in [7, 11) is 2.22. The van der Waals surface area contributed by atoms with Gasteiger partial charge in [-0.2, -0.15) is 0 Å². The summed E-state index contributed by atoms with van der Waals surface area (Å²) in [5.74, 6) is 0. The molecule has 0 radical (unpaired) electrons. The van der Waals surface area contributed by atoms with Gasteiger partial charge in [0.15, 0.2) is 0 Å². The quantitative estimate of drug-likeness (QED) is 0.834. The molecule has 1 aromatic heterocycles. The minimum atomic E-state index is 0.158. The van der Waals surface area contributed by atoms with Crippen LogP contribution in [-0.4, -0.2) is 60.2 Å². The topological polar surface area (TPSA) is 28.6 Å². The van der Waals surface area contributed by atoms with Crippen LogP contribution >= 0.6 is 11.3 Å². The third-order valence-electron chi connectivity index (χ3n) is 4.23. The van der Waals surface area contributed by atoms with E-state index in [1.54, 1.807) is 0 Å². The highest BCUT2D eigenvalue weighted by molar-refractivity contribution is 7.11. The predicted octanol–water partition coefficient (Wildman–Crippen LogP) is 1.96. The number of morpholine rings is 1. The van der Waals surface area contributed by atoms with E-state index >= 15 is 0 Å². The molecule has 2 aliphatic heterocycles. The van der Waals surface area contributed by atoms with Crippen LogP contribution in [0.1, 0.15) is 30.7 Å². The largest absolute Gasteiger partial charge is 0.374 e. The van der Waals surface area contributed by atoms with Crippen molar-refractivity contribution in [1.82, 2.24) is 14.8 Å². The number of ether oxygens (including phenoxy) is 1. The van der Waals surface area contributed by atoms with Crippen LogP contribution in [0.25, 0.3) is 0 Å². The van der Waals surface area contributed by atoms with E-state index in [0.717, 1.165) is 32.8 Å². The van der Waals surface area contributed by atoms with E-state index in [2.05, 4.69) is 48.8 Å². The van der Waals surface area contributed by atoms with E-state index in [0.29, 0.717) is 12.1 Å². The van der Waals surface area contributed by atoms with Crippen molar-refractivity contribution in [3.63, 3.8) is 0 Å². The second kappa shape index (κ2) is 5.37. The van der Waals surface area contributed by atoms with Crippen molar-refractivity contribution in [1.29, 1.82) is 0 Å². The molecular weight excluding hydrogens is 270 g/mol. The number of fused-ring (bicyclic) bond motifs is 1. The lowest BCUT2D eigenvalue weighted by molar-refractivity contribution is -0.0370. The first-order valence-corrected chi connectivity index (χ1v) is 8.24. The first-order chi connectivity index (χ1) is 9.43. The van der Waals surface area contributed by atoms with Gasteiger partial charge in [0, 0.05) is 48.7 Å². The molecule has 0 N–H and O–H groups in total. The Morgan fingerprint density at radius 1 is 1.40 bits per heavy atom. The van der Waals surface area contributed by atoms with E-state index < -0.39 is 0 Å². The summed E-state index contributed by atoms with van der Waals surface area (Å²) in [4.78, 5) is 10.9. The lowest BCUT2D eigenvalue weighted by Crippen LogP contribution is -2.48. The summed E-state index contributed by atoms with van der Waals surface area (Å²) in [5.41, 5.74) is 0.158. The van der Waals surface area contributed by atoms with E-state index in [-0.39, 0.29) is 5.41 Å². The Morgan fingerprint density at radius 3 is 2.85 bits per heavy atom. The number of thiazole rings is 1. The Morgan fingerprint density at radius 2 is 2.20 bits per heavy atom. The maximum Gasteiger partial charge on any atom is 0.0981 e. The van der Waals surface area contributed by atoms with Gasteiger partial charge in [0.1, 0.15) is 0 Å². The molecule has 0 saturated carbocycles. The van der Waals surface area contributed by atoms with Gasteiger partial charge >= 0.3 is 0 Å². The van der Waals surface area contributed by atoms with Crippen LogP contribution in [0.2, 0.25) is 0 Å². The average Bonchev–Trinajstić information content (AvgIpc) is 2.96. The van der Waals surface area contributed by atoms with Gasteiger partial charge < -0.3 is 4.74 Å². The highest BCUT2D eigenvalue weighted by atomic mass is 32.1. The summed E-state index contributed by atoms with van der Waals surface area (Å²) < 4.78 is 5.90. The second-order valence-corrected chi connectivity index (χ2v) is 8.15. The third kappa shape index (κ3) is 2.91. The zero-order valence-corrected chi connectivity index (χ0v) is 13.7. The molecule has 2 atom stereocenters. The number of likely N-dealkylation sites (tertiary alicyclic amines) is 1. The lowest BCUT2D eigenvalue weighted by Gasteiger charge is -2.33. The standard InChI is InChI=1S/C15H25N3OS/c1-15(2,3)14-16-7-11(20-14)8-18-9-12-13(10-18)19-6-5-17(12)4/h7,12-13H,5-6,8-10H2,1-4H3/t12-,13-/m1/s1. The summed E-state index contributed by atoms with van der Waals surface area (Å²) in [6.45, 7) is 11.8. The molecule has 3 rings (SSSR count). The van der Waals surface area contributed by atoms with Crippen molar-refractivity contribution in [3.8, 4) is 0 Å². The van der Waals surface area contributed by atoms with Crippen molar-refractivity contribution >= 4 is 11.3 Å². The number of hydrogen-bond donors (Lipinski definition) is 0. The van der Waals surface area contributed by atoms with E-state index in [1.165, 1.54) is 9.88 Å². The molecule has 0 bridgehead atoms. The van der Waals surface area contributed by atoms with Crippen LogP contribution in [0.5, 0.6) is 0 Å². The zero-order chi connectivity index (χ0) is 14.3. The zero-order valence-electron chi connectivity index (χ0n) is 12.9. The molecule has 3 heterocycles. The fraction of sp³-hybridized carbons (Fsp3) is 0.800. The van der Waals surface area contributed by atoms with Gasteiger partial charge in [-0.15, -0.1) is 11.3 Å². The molecule has 0 spiro atoms. The van der Waals surface area contributed by atoms with Gasteiger partial charge in [-0.3, -0.25) is 9.80 Å². The van der Waals surface area contributed by atoms with Crippen LogP contribution in [0, 0.1) is 0 Å². The van der Waals surface area contributed by atoms with Gasteiger partial charge in [-0.1, -0.05) is 20.8 Å². The molecule has 0 aliphatic carbocycles. The van der Waals surface area contributed by atoms with Crippen LogP contribution in [0.3, 0.4) is 0 Å². The molecule has 2 saturated heterocycles. The maximum absolute atomic E-state index is 5.90. The molecule has 2 fully saturated rings. The van der Waals surface area contributed by atoms with E-state index in [1.807, 2.05) is 11.3 Å². The molecule has 0 unspecified atom stereocenters. The number of likely N-dealkylation sites (N-methyl/N-ethyl adjacent to an activating group) is 1. The van der Waals surface area contributed by atoms with Gasteiger partial charge in [0.2, 0.25) is 0 Å². The lowest BCUT2D eigenvalue weighted by atomic mass is 9.98. The van der Waals surface area contributed by atoms with Crippen LogP contribution in [0.15, 0.2) is 6.20 Å². The summed E-state index contributed by atoms with van der Waals surface area (Å²) in [6, 6.07) is 0.568. The molecule has 5 heteroatoms. The molecule has 0 aromatic carbocycles. The second-order valence-electron chi connectivity index (χ2n) is 7.03. The monoisotopic (exact) mass is 295 g/mol. The van der Waals surface area contributed by atoms with Gasteiger partial charge in [0.05, 0.1) is 17.7 Å². The first kappa shape index (κ1) is 14.4. The molecule has 2 aliphatic rings. The van der Waals surface area contributed by atoms with Crippen LogP contribution < -0.4 is 0 Å². The Bertz CT molecular complexity index is 468. The third-order valence-corrected chi connectivity index (χ3v) is 5.64. The fourth-order valence-electron chi connectivity index (χ4n) is 3.01. The molecule has 4 nitrogen and oxygen atoms in total. The van der Waals surface area contributed by atoms with Crippen LogP contribution in [-0.2, 0) is 16.7 Å². The van der Waals surface area contributed by atoms with Crippen LogP contribution in [0.4, 0.5) is 0 Å². The van der Waals surface area contributed by atoms with Gasteiger partial charge in [-0.05, 0) is 7.05 Å². The van der Waals surface area contributed by atoms with Crippen molar-refractivity contribution in [2.45, 2.75) is 44.9 Å². The molecule has 20 heavy (non-hydrogen) atoms. The Labute approximate surface area is 125 Å². The first-order valence-electron chi connectivity index (χ1n) is 7.43. The summed E-state index contributed by atoms with van der Waals surface area (Å²) in [6.07, 6.45) is 2.45. The van der Waals surface area contributed by atoms with Gasteiger partial charge in [0.25, 0.3) is 0 Å². The van der Waals surface area contributed by atoms with Crippen molar-refractivity contribution in [3.05, 3.63) is 16.1 Å². The highest BCUT2D eigenvalue weighted by Crippen LogP contribution is 2.29. The summed E-state index contributed by atoms with van der Waals surface area (Å²) in [5, 5.41) is 1.23. The minimum Gasteiger partial charge on any atom is -0.374 e. The van der Waals surface area contributed by atoms with Crippen molar-refractivity contribution in [2.75, 3.05) is 33.3 Å². The van der Waals surface area contributed by atoms with E-state index in [4.69, 9.17) is 4.74 Å². The Balaban J connectivity index is 1.63. The SMILES string of the molecule is CN1CCO[C@@H]2CN(Cc3cnc(C(C)(C)C)s3)C[C@H]21. The molecular formula is C15H25N3OS. The number of aromatic nitrogens is 1. The minimum absolute atomic E-state index is 0.158. The number of rotatable bonds is 2. The Hall–Kier alpha value is -0.490. The van der Waals surface area contributed by atoms with Gasteiger partial charge in [-0.25, -0.2) is 4.98 Å².